The number of aryl methyl sites for hydroxylation is 1. The summed E-state index contributed by atoms with van der Waals surface area (Å²) in [5, 5.41) is 1.28. The molecule has 0 radical (unpaired) electrons. The van der Waals surface area contributed by atoms with Gasteiger partial charge < -0.3 is 9.64 Å². The number of benzene rings is 1. The second-order valence-electron chi connectivity index (χ2n) is 6.33. The summed E-state index contributed by atoms with van der Waals surface area (Å²) in [4.78, 5) is 7.24. The van der Waals surface area contributed by atoms with E-state index in [1.54, 1.807) is 0 Å². The summed E-state index contributed by atoms with van der Waals surface area (Å²) in [5.74, 6) is 0.732. The molecule has 2 heterocycles. The highest BCUT2D eigenvalue weighted by Crippen LogP contribution is 2.32. The van der Waals surface area contributed by atoms with Crippen molar-refractivity contribution in [1.29, 1.82) is 0 Å². The van der Waals surface area contributed by atoms with Crippen LogP contribution < -0.4 is 4.90 Å². The van der Waals surface area contributed by atoms with Crippen molar-refractivity contribution in [1.82, 2.24) is 4.98 Å². The summed E-state index contributed by atoms with van der Waals surface area (Å²) in [5.41, 5.74) is 5.02. The third-order valence-electron chi connectivity index (χ3n) is 4.78. The molecule has 0 amide bonds. The highest BCUT2D eigenvalue weighted by molar-refractivity contribution is 5.93. The molecule has 2 aromatic rings. The highest BCUT2D eigenvalue weighted by atomic mass is 16.5. The van der Waals surface area contributed by atoms with E-state index in [9.17, 15) is 0 Å². The van der Waals surface area contributed by atoms with Crippen molar-refractivity contribution in [2.24, 2.45) is 5.92 Å². The number of hydrogen-bond donors (Lipinski definition) is 0. The van der Waals surface area contributed by atoms with E-state index in [0.717, 1.165) is 43.3 Å². The molecule has 1 aromatic heterocycles. The minimum absolute atomic E-state index is 0.732. The minimum atomic E-state index is 0.732. The SMILES string of the molecule is CCc1c(C)nc2ccccc2c1N(C)CC1CCOCC1. The Morgan fingerprint density at radius 2 is 1.95 bits per heavy atom. The van der Waals surface area contributed by atoms with Gasteiger partial charge in [0, 0.05) is 37.9 Å². The average Bonchev–Trinajstić information content (AvgIpc) is 2.54. The first-order chi connectivity index (χ1) is 10.7. The van der Waals surface area contributed by atoms with Crippen LogP contribution in [0.25, 0.3) is 10.9 Å². The van der Waals surface area contributed by atoms with Crippen molar-refractivity contribution >= 4 is 16.6 Å². The van der Waals surface area contributed by atoms with Crippen LogP contribution in [-0.4, -0.2) is 31.8 Å². The summed E-state index contributed by atoms with van der Waals surface area (Å²) in [6, 6.07) is 8.51. The lowest BCUT2D eigenvalue weighted by Crippen LogP contribution is -2.30. The molecule has 0 atom stereocenters. The van der Waals surface area contributed by atoms with E-state index in [0.29, 0.717) is 0 Å². The van der Waals surface area contributed by atoms with E-state index in [4.69, 9.17) is 9.72 Å². The Morgan fingerprint density at radius 1 is 1.23 bits per heavy atom. The van der Waals surface area contributed by atoms with E-state index in [1.807, 2.05) is 0 Å². The van der Waals surface area contributed by atoms with Crippen LogP contribution >= 0.6 is 0 Å². The smallest absolute Gasteiger partial charge is 0.0726 e. The van der Waals surface area contributed by atoms with E-state index < -0.39 is 0 Å². The number of fused-ring (bicyclic) bond motifs is 1. The standard InChI is InChI=1S/C19H26N2O/c1-4-16-14(2)20-18-8-6-5-7-17(18)19(16)21(3)13-15-9-11-22-12-10-15/h5-8,15H,4,9-13H2,1-3H3. The van der Waals surface area contributed by atoms with Crippen LogP contribution in [0.5, 0.6) is 0 Å². The molecular weight excluding hydrogens is 272 g/mol. The minimum Gasteiger partial charge on any atom is -0.381 e. The highest BCUT2D eigenvalue weighted by Gasteiger charge is 2.20. The van der Waals surface area contributed by atoms with Crippen LogP contribution in [-0.2, 0) is 11.2 Å². The van der Waals surface area contributed by atoms with Gasteiger partial charge in [0.2, 0.25) is 0 Å². The van der Waals surface area contributed by atoms with Gasteiger partial charge in [0.05, 0.1) is 11.2 Å². The fourth-order valence-electron chi connectivity index (χ4n) is 3.62. The zero-order valence-corrected chi connectivity index (χ0v) is 13.9. The summed E-state index contributed by atoms with van der Waals surface area (Å²) < 4.78 is 5.49. The second kappa shape index (κ2) is 6.66. The molecule has 3 heteroatoms. The zero-order valence-electron chi connectivity index (χ0n) is 13.9. The van der Waals surface area contributed by atoms with Crippen LogP contribution in [0.3, 0.4) is 0 Å². The van der Waals surface area contributed by atoms with Gasteiger partial charge in [-0.3, -0.25) is 4.98 Å². The van der Waals surface area contributed by atoms with Crippen LogP contribution in [0.4, 0.5) is 5.69 Å². The van der Waals surface area contributed by atoms with Gasteiger partial charge in [0.15, 0.2) is 0 Å². The molecule has 0 bridgehead atoms. The molecule has 3 nitrogen and oxygen atoms in total. The summed E-state index contributed by atoms with van der Waals surface area (Å²) in [6.07, 6.45) is 3.37. The molecule has 1 fully saturated rings. The topological polar surface area (TPSA) is 25.4 Å². The van der Waals surface area contributed by atoms with Crippen molar-refractivity contribution in [3.63, 3.8) is 0 Å². The molecule has 118 valence electrons. The first kappa shape index (κ1) is 15.3. The molecule has 0 saturated carbocycles. The van der Waals surface area contributed by atoms with Gasteiger partial charge in [-0.2, -0.15) is 0 Å². The van der Waals surface area contributed by atoms with Crippen molar-refractivity contribution < 1.29 is 4.74 Å². The van der Waals surface area contributed by atoms with Gasteiger partial charge in [-0.05, 0) is 43.7 Å². The third kappa shape index (κ3) is 2.95. The maximum atomic E-state index is 5.49. The molecule has 1 saturated heterocycles. The molecular formula is C19H26N2O. The fraction of sp³-hybridized carbons (Fsp3) is 0.526. The molecule has 1 aromatic carbocycles. The molecule has 0 aliphatic carbocycles. The Hall–Kier alpha value is -1.61. The first-order valence-corrected chi connectivity index (χ1v) is 8.37. The van der Waals surface area contributed by atoms with E-state index in [2.05, 4.69) is 50.1 Å². The first-order valence-electron chi connectivity index (χ1n) is 8.37. The number of para-hydroxylation sites is 1. The van der Waals surface area contributed by atoms with Crippen LogP contribution in [0.2, 0.25) is 0 Å². The fourth-order valence-corrected chi connectivity index (χ4v) is 3.62. The van der Waals surface area contributed by atoms with Crippen LogP contribution in [0.1, 0.15) is 31.0 Å². The zero-order chi connectivity index (χ0) is 15.5. The Kier molecular flexibility index (Phi) is 4.63. The number of anilines is 1. The second-order valence-corrected chi connectivity index (χ2v) is 6.33. The molecule has 1 aliphatic rings. The van der Waals surface area contributed by atoms with E-state index >= 15 is 0 Å². The Morgan fingerprint density at radius 3 is 2.68 bits per heavy atom. The van der Waals surface area contributed by atoms with Crippen molar-refractivity contribution in [2.75, 3.05) is 31.7 Å². The predicted octanol–water partition coefficient (Wildman–Crippen LogP) is 3.97. The summed E-state index contributed by atoms with van der Waals surface area (Å²) >= 11 is 0. The Labute approximate surface area is 133 Å². The van der Waals surface area contributed by atoms with E-state index in [1.165, 1.54) is 29.5 Å². The number of aromatic nitrogens is 1. The van der Waals surface area contributed by atoms with Crippen molar-refractivity contribution in [2.45, 2.75) is 33.1 Å². The lowest BCUT2D eigenvalue weighted by Gasteiger charge is -2.31. The van der Waals surface area contributed by atoms with Gasteiger partial charge in [-0.1, -0.05) is 25.1 Å². The third-order valence-corrected chi connectivity index (χ3v) is 4.78. The molecule has 0 spiro atoms. The van der Waals surface area contributed by atoms with E-state index in [-0.39, 0.29) is 0 Å². The summed E-state index contributed by atoms with van der Waals surface area (Å²) in [7, 11) is 2.23. The maximum Gasteiger partial charge on any atom is 0.0726 e. The van der Waals surface area contributed by atoms with Crippen molar-refractivity contribution in [3.8, 4) is 0 Å². The quantitative estimate of drug-likeness (QED) is 0.854. The Balaban J connectivity index is 1.99. The van der Waals surface area contributed by atoms with Gasteiger partial charge in [0.1, 0.15) is 0 Å². The average molecular weight is 298 g/mol. The number of nitrogens with zero attached hydrogens (tertiary/aromatic N) is 2. The molecule has 0 N–H and O–H groups in total. The molecule has 3 rings (SSSR count). The molecule has 1 aliphatic heterocycles. The van der Waals surface area contributed by atoms with Crippen LogP contribution in [0.15, 0.2) is 24.3 Å². The monoisotopic (exact) mass is 298 g/mol. The number of hydrogen-bond acceptors (Lipinski definition) is 3. The number of ether oxygens (including phenoxy) is 1. The summed E-state index contributed by atoms with van der Waals surface area (Å²) in [6.45, 7) is 7.29. The van der Waals surface area contributed by atoms with Gasteiger partial charge in [-0.15, -0.1) is 0 Å². The number of rotatable bonds is 4. The largest absolute Gasteiger partial charge is 0.381 e. The Bertz CT molecular complexity index is 647. The lowest BCUT2D eigenvalue weighted by molar-refractivity contribution is 0.0685. The predicted molar refractivity (Wildman–Crippen MR) is 92.7 cm³/mol. The maximum absolute atomic E-state index is 5.49. The lowest BCUT2D eigenvalue weighted by atomic mass is 9.98. The normalized spacial score (nSPS) is 16.1. The van der Waals surface area contributed by atoms with Gasteiger partial charge in [0.25, 0.3) is 0 Å². The number of pyridine rings is 1. The molecule has 22 heavy (non-hydrogen) atoms. The van der Waals surface area contributed by atoms with Crippen LogP contribution in [0, 0.1) is 12.8 Å². The van der Waals surface area contributed by atoms with Gasteiger partial charge >= 0.3 is 0 Å². The molecule has 0 unspecified atom stereocenters. The van der Waals surface area contributed by atoms with Gasteiger partial charge in [-0.25, -0.2) is 0 Å². The van der Waals surface area contributed by atoms with Crippen molar-refractivity contribution in [3.05, 3.63) is 35.5 Å².